The lowest BCUT2D eigenvalue weighted by molar-refractivity contribution is 0.0518. The van der Waals surface area contributed by atoms with Crippen LogP contribution in [0.15, 0.2) is 45.8 Å². The molecule has 0 amide bonds. The van der Waals surface area contributed by atoms with Crippen LogP contribution in [0, 0.1) is 0 Å². The number of benzene rings is 1. The Bertz CT molecular complexity index is 902. The Labute approximate surface area is 146 Å². The molecule has 1 N–H and O–H groups in total. The third-order valence-corrected chi connectivity index (χ3v) is 3.65. The second-order valence-electron chi connectivity index (χ2n) is 4.52. The highest BCUT2D eigenvalue weighted by Crippen LogP contribution is 2.20. The molecule has 0 saturated heterocycles. The molecule has 0 aliphatic heterocycles. The van der Waals surface area contributed by atoms with Crippen LogP contribution >= 0.6 is 28.3 Å². The minimum Gasteiger partial charge on any atom is -0.461 e. The summed E-state index contributed by atoms with van der Waals surface area (Å²) in [4.78, 5) is 27.1. The first-order valence-electron chi connectivity index (χ1n) is 6.65. The van der Waals surface area contributed by atoms with Gasteiger partial charge in [-0.2, -0.15) is 5.10 Å². The molecule has 0 saturated carbocycles. The maximum Gasteiger partial charge on any atom is 0.359 e. The van der Waals surface area contributed by atoms with Gasteiger partial charge in [0.2, 0.25) is 5.43 Å². The zero-order valence-electron chi connectivity index (χ0n) is 12.1. The molecule has 2 aromatic heterocycles. The van der Waals surface area contributed by atoms with Crippen molar-refractivity contribution in [2.75, 3.05) is 6.61 Å². The van der Waals surface area contributed by atoms with E-state index in [1.54, 1.807) is 19.1 Å². The first kappa shape index (κ1) is 17.2. The second-order valence-corrected chi connectivity index (χ2v) is 5.44. The maximum atomic E-state index is 12.3. The third kappa shape index (κ3) is 3.16. The summed E-state index contributed by atoms with van der Waals surface area (Å²) in [6.45, 7) is 1.96. The van der Waals surface area contributed by atoms with E-state index in [-0.39, 0.29) is 35.7 Å². The summed E-state index contributed by atoms with van der Waals surface area (Å²) >= 11 is 3.36. The summed E-state index contributed by atoms with van der Waals surface area (Å²) in [5, 5.41) is 4.27. The van der Waals surface area contributed by atoms with Gasteiger partial charge in [0.1, 0.15) is 5.52 Å². The number of nitrogens with one attached hydrogen (secondary N) is 1. The first-order chi connectivity index (χ1) is 10.6. The lowest BCUT2D eigenvalue weighted by atomic mass is 10.3. The Hall–Kier alpha value is -2.12. The molecule has 0 atom stereocenters. The fourth-order valence-electron chi connectivity index (χ4n) is 2.16. The number of carbonyl (C=O) groups is 1. The summed E-state index contributed by atoms with van der Waals surface area (Å²) in [7, 11) is 0. The zero-order chi connectivity index (χ0) is 15.7. The molecule has 120 valence electrons. The first-order valence-corrected chi connectivity index (χ1v) is 7.44. The van der Waals surface area contributed by atoms with E-state index < -0.39 is 5.97 Å². The van der Waals surface area contributed by atoms with Gasteiger partial charge in [0.15, 0.2) is 11.2 Å². The largest absolute Gasteiger partial charge is 0.461 e. The Balaban J connectivity index is 0.00000192. The number of carbonyl (C=O) groups excluding carboxylic acids is 1. The van der Waals surface area contributed by atoms with Gasteiger partial charge in [-0.15, -0.1) is 12.4 Å². The lowest BCUT2D eigenvalue weighted by Gasteiger charge is -2.07. The Morgan fingerprint density at radius 2 is 2.00 bits per heavy atom. The van der Waals surface area contributed by atoms with Gasteiger partial charge in [0.05, 0.1) is 12.3 Å². The van der Waals surface area contributed by atoms with E-state index in [2.05, 4.69) is 26.0 Å². The van der Waals surface area contributed by atoms with Crippen LogP contribution < -0.4 is 5.43 Å². The Morgan fingerprint density at radius 1 is 1.30 bits per heavy atom. The number of hydrogen-bond acceptors (Lipinski definition) is 4. The van der Waals surface area contributed by atoms with Gasteiger partial charge in [-0.3, -0.25) is 4.79 Å². The Kier molecular flexibility index (Phi) is 5.23. The molecule has 0 spiro atoms. The molecular formula is C15H13BrClN3O3. The number of pyridine rings is 1. The average molecular weight is 399 g/mol. The predicted molar refractivity (Wildman–Crippen MR) is 92.6 cm³/mol. The molecular weight excluding hydrogens is 386 g/mol. The van der Waals surface area contributed by atoms with Crippen molar-refractivity contribution in [1.29, 1.82) is 0 Å². The molecule has 3 rings (SSSR count). The van der Waals surface area contributed by atoms with Crippen LogP contribution in [0.25, 0.3) is 16.7 Å². The molecule has 0 aliphatic rings. The van der Waals surface area contributed by atoms with E-state index in [1.165, 1.54) is 16.9 Å². The Morgan fingerprint density at radius 3 is 2.65 bits per heavy atom. The summed E-state index contributed by atoms with van der Waals surface area (Å²) in [5.41, 5.74) is 1.18. The van der Waals surface area contributed by atoms with Crippen molar-refractivity contribution >= 4 is 45.3 Å². The fourth-order valence-corrected chi connectivity index (χ4v) is 2.43. The number of fused-ring (bicyclic) bond motifs is 1. The maximum absolute atomic E-state index is 12.3. The number of halogens is 2. The molecule has 6 nitrogen and oxygen atoms in total. The summed E-state index contributed by atoms with van der Waals surface area (Å²) in [6.07, 6.45) is 1.49. The van der Waals surface area contributed by atoms with E-state index in [0.717, 1.165) is 4.47 Å². The van der Waals surface area contributed by atoms with Crippen molar-refractivity contribution in [3.05, 3.63) is 56.9 Å². The van der Waals surface area contributed by atoms with Gasteiger partial charge in [0, 0.05) is 16.7 Å². The number of esters is 1. The number of aromatic amines is 1. The van der Waals surface area contributed by atoms with Crippen LogP contribution in [0.2, 0.25) is 0 Å². The lowest BCUT2D eigenvalue weighted by Crippen LogP contribution is -2.12. The van der Waals surface area contributed by atoms with E-state index >= 15 is 0 Å². The molecule has 3 aromatic rings. The summed E-state index contributed by atoms with van der Waals surface area (Å²) < 4.78 is 7.42. The van der Waals surface area contributed by atoms with Gasteiger partial charge in [0.25, 0.3) is 0 Å². The standard InChI is InChI=1S/C15H12BrN3O3.ClH/c1-2-22-15(21)14-13-12(11(20)7-8-17-13)18-19(14)10-5-3-9(16)4-6-10;/h3-8,17H,2H2,1H3;1H. The van der Waals surface area contributed by atoms with E-state index in [0.29, 0.717) is 11.2 Å². The molecule has 2 heterocycles. The number of H-pyrrole nitrogens is 1. The fraction of sp³-hybridized carbons (Fsp3) is 0.133. The van der Waals surface area contributed by atoms with Crippen LogP contribution in [-0.2, 0) is 4.74 Å². The van der Waals surface area contributed by atoms with Gasteiger partial charge >= 0.3 is 5.97 Å². The van der Waals surface area contributed by atoms with Crippen LogP contribution in [0.3, 0.4) is 0 Å². The summed E-state index contributed by atoms with van der Waals surface area (Å²) in [5.74, 6) is -0.533. The van der Waals surface area contributed by atoms with Crippen molar-refractivity contribution in [2.24, 2.45) is 0 Å². The highest BCUT2D eigenvalue weighted by Gasteiger charge is 2.22. The number of hydrogen-bond donors (Lipinski definition) is 1. The highest BCUT2D eigenvalue weighted by molar-refractivity contribution is 9.10. The van der Waals surface area contributed by atoms with Crippen LogP contribution in [0.5, 0.6) is 0 Å². The van der Waals surface area contributed by atoms with E-state index in [1.807, 2.05) is 12.1 Å². The van der Waals surface area contributed by atoms with Crippen LogP contribution in [0.4, 0.5) is 0 Å². The molecule has 0 fully saturated rings. The molecule has 23 heavy (non-hydrogen) atoms. The number of ether oxygens (including phenoxy) is 1. The third-order valence-electron chi connectivity index (χ3n) is 3.12. The normalized spacial score (nSPS) is 10.3. The van der Waals surface area contributed by atoms with E-state index in [4.69, 9.17) is 4.74 Å². The topological polar surface area (TPSA) is 77.0 Å². The van der Waals surface area contributed by atoms with Crippen molar-refractivity contribution in [1.82, 2.24) is 14.8 Å². The minimum atomic E-state index is -0.533. The van der Waals surface area contributed by atoms with Gasteiger partial charge in [-0.1, -0.05) is 15.9 Å². The van der Waals surface area contributed by atoms with Crippen LogP contribution in [-0.4, -0.2) is 27.3 Å². The molecule has 8 heteroatoms. The number of rotatable bonds is 3. The van der Waals surface area contributed by atoms with Crippen LogP contribution in [0.1, 0.15) is 17.4 Å². The highest BCUT2D eigenvalue weighted by atomic mass is 79.9. The monoisotopic (exact) mass is 397 g/mol. The molecule has 0 bridgehead atoms. The predicted octanol–water partition coefficient (Wildman–Crippen LogP) is 3.07. The molecule has 1 aromatic carbocycles. The summed E-state index contributed by atoms with van der Waals surface area (Å²) in [6, 6.07) is 8.62. The number of nitrogens with zero attached hydrogens (tertiary/aromatic N) is 2. The second kappa shape index (κ2) is 6.97. The van der Waals surface area contributed by atoms with Crippen molar-refractivity contribution < 1.29 is 9.53 Å². The smallest absolute Gasteiger partial charge is 0.359 e. The molecule has 0 unspecified atom stereocenters. The zero-order valence-corrected chi connectivity index (χ0v) is 14.5. The minimum absolute atomic E-state index is 0. The quantitative estimate of drug-likeness (QED) is 0.688. The van der Waals surface area contributed by atoms with E-state index in [9.17, 15) is 9.59 Å². The average Bonchev–Trinajstić information content (AvgIpc) is 2.89. The molecule has 0 aliphatic carbocycles. The van der Waals surface area contributed by atoms with Crippen molar-refractivity contribution in [3.8, 4) is 5.69 Å². The SMILES string of the molecule is CCOC(=O)c1c2[nH]ccc(=O)c2nn1-c1ccc(Br)cc1.Cl. The van der Waals surface area contributed by atoms with Crippen molar-refractivity contribution in [3.63, 3.8) is 0 Å². The van der Waals surface area contributed by atoms with Gasteiger partial charge in [-0.25, -0.2) is 9.48 Å². The molecule has 0 radical (unpaired) electrons. The van der Waals surface area contributed by atoms with Gasteiger partial charge in [-0.05, 0) is 31.2 Å². The van der Waals surface area contributed by atoms with Gasteiger partial charge < -0.3 is 9.72 Å². The number of aromatic nitrogens is 3. The van der Waals surface area contributed by atoms with Crippen molar-refractivity contribution in [2.45, 2.75) is 6.92 Å².